The molecule has 0 aliphatic rings. The van der Waals surface area contributed by atoms with Crippen molar-refractivity contribution in [3.8, 4) is 0 Å². The van der Waals surface area contributed by atoms with E-state index in [1.54, 1.807) is 12.2 Å². The average molecular weight is 203 g/mol. The molecule has 2 heteroatoms. The van der Waals surface area contributed by atoms with Gasteiger partial charge in [0.05, 0.1) is 4.99 Å². The van der Waals surface area contributed by atoms with Crippen LogP contribution < -0.4 is 5.32 Å². The van der Waals surface area contributed by atoms with E-state index in [1.807, 2.05) is 25.1 Å². The fourth-order valence-corrected chi connectivity index (χ4v) is 1.40. The molecule has 1 aromatic carbocycles. The first-order valence-corrected chi connectivity index (χ1v) is 4.75. The smallest absolute Gasteiger partial charge is 0.0765 e. The van der Waals surface area contributed by atoms with E-state index in [-0.39, 0.29) is 0 Å². The fraction of sp³-hybridized carbons (Fsp3) is 0.0833. The van der Waals surface area contributed by atoms with Crippen LogP contribution in [0.1, 0.15) is 18.1 Å². The molecule has 72 valence electrons. The van der Waals surface area contributed by atoms with Crippen LogP contribution in [-0.2, 0) is 0 Å². The van der Waals surface area contributed by atoms with Crippen LogP contribution in [0.3, 0.4) is 0 Å². The Morgan fingerprint density at radius 2 is 2.07 bits per heavy atom. The molecule has 0 atom stereocenters. The second-order valence-corrected chi connectivity index (χ2v) is 3.51. The minimum absolute atomic E-state index is 0.745. The van der Waals surface area contributed by atoms with Crippen molar-refractivity contribution in [2.24, 2.45) is 0 Å². The number of hydrogen-bond acceptors (Lipinski definition) is 1. The second-order valence-electron chi connectivity index (χ2n) is 2.90. The molecule has 0 spiro atoms. The third-order valence-corrected chi connectivity index (χ3v) is 1.98. The first-order valence-electron chi connectivity index (χ1n) is 4.34. The lowest BCUT2D eigenvalue weighted by atomic mass is 10.1. The Morgan fingerprint density at radius 1 is 1.36 bits per heavy atom. The zero-order valence-electron chi connectivity index (χ0n) is 8.21. The third-order valence-electron chi connectivity index (χ3n) is 1.87. The minimum Gasteiger partial charge on any atom is -0.350 e. The van der Waals surface area contributed by atoms with Crippen LogP contribution >= 0.6 is 12.2 Å². The Bertz CT molecular complexity index is 380. The van der Waals surface area contributed by atoms with E-state index >= 15 is 0 Å². The standard InChI is InChI=1S/C12H13NS/c1-4-10-7-6-8-12(11(10)5-2)13-9(3)14/h4-8H,1-2H2,3H3,(H,13,14). The van der Waals surface area contributed by atoms with Gasteiger partial charge in [-0.2, -0.15) is 0 Å². The van der Waals surface area contributed by atoms with E-state index in [0.717, 1.165) is 21.8 Å². The van der Waals surface area contributed by atoms with Gasteiger partial charge in [0, 0.05) is 11.3 Å². The van der Waals surface area contributed by atoms with Crippen LogP contribution in [0, 0.1) is 0 Å². The number of benzene rings is 1. The van der Waals surface area contributed by atoms with Gasteiger partial charge in [-0.25, -0.2) is 0 Å². The summed E-state index contributed by atoms with van der Waals surface area (Å²) in [7, 11) is 0. The molecule has 0 amide bonds. The van der Waals surface area contributed by atoms with Gasteiger partial charge in [-0.15, -0.1) is 0 Å². The summed E-state index contributed by atoms with van der Waals surface area (Å²) in [6, 6.07) is 5.93. The largest absolute Gasteiger partial charge is 0.350 e. The van der Waals surface area contributed by atoms with Crippen molar-refractivity contribution in [1.82, 2.24) is 0 Å². The highest BCUT2D eigenvalue weighted by Gasteiger charge is 2.02. The Kier molecular flexibility index (Phi) is 3.60. The van der Waals surface area contributed by atoms with Gasteiger partial charge in [0.1, 0.15) is 0 Å². The zero-order valence-corrected chi connectivity index (χ0v) is 9.03. The molecule has 1 nitrogen and oxygen atoms in total. The van der Waals surface area contributed by atoms with Crippen LogP contribution in [-0.4, -0.2) is 4.99 Å². The molecule has 0 fully saturated rings. The normalized spacial score (nSPS) is 9.21. The lowest BCUT2D eigenvalue weighted by Crippen LogP contribution is -2.05. The lowest BCUT2D eigenvalue weighted by Gasteiger charge is -2.10. The maximum Gasteiger partial charge on any atom is 0.0765 e. The molecule has 1 N–H and O–H groups in total. The van der Waals surface area contributed by atoms with E-state index in [2.05, 4.69) is 18.5 Å². The predicted octanol–water partition coefficient (Wildman–Crippen LogP) is 3.73. The van der Waals surface area contributed by atoms with Gasteiger partial charge < -0.3 is 5.32 Å². The zero-order chi connectivity index (χ0) is 10.6. The van der Waals surface area contributed by atoms with Crippen molar-refractivity contribution in [2.45, 2.75) is 6.92 Å². The van der Waals surface area contributed by atoms with Crippen LogP contribution in [0.5, 0.6) is 0 Å². The molecule has 1 aromatic rings. The van der Waals surface area contributed by atoms with Crippen LogP contribution in [0.2, 0.25) is 0 Å². The second kappa shape index (κ2) is 4.72. The van der Waals surface area contributed by atoms with Crippen molar-refractivity contribution in [2.75, 3.05) is 5.32 Å². The van der Waals surface area contributed by atoms with Gasteiger partial charge in [-0.05, 0) is 18.6 Å². The monoisotopic (exact) mass is 203 g/mol. The highest BCUT2D eigenvalue weighted by molar-refractivity contribution is 7.80. The quantitative estimate of drug-likeness (QED) is 0.751. The van der Waals surface area contributed by atoms with E-state index in [1.165, 1.54) is 0 Å². The molecular weight excluding hydrogens is 190 g/mol. The van der Waals surface area contributed by atoms with Crippen LogP contribution in [0.25, 0.3) is 12.2 Å². The first-order chi connectivity index (χ1) is 6.69. The number of hydrogen-bond donors (Lipinski definition) is 1. The summed E-state index contributed by atoms with van der Waals surface area (Å²) in [4.78, 5) is 0.745. The molecule has 0 heterocycles. The fourth-order valence-electron chi connectivity index (χ4n) is 1.29. The topological polar surface area (TPSA) is 12.0 Å². The molecule has 0 unspecified atom stereocenters. The van der Waals surface area contributed by atoms with E-state index in [4.69, 9.17) is 12.2 Å². The maximum atomic E-state index is 4.99. The summed E-state index contributed by atoms with van der Waals surface area (Å²) in [5, 5.41) is 3.11. The predicted molar refractivity (Wildman–Crippen MR) is 68.5 cm³/mol. The minimum atomic E-state index is 0.745. The Balaban J connectivity index is 3.21. The summed E-state index contributed by atoms with van der Waals surface area (Å²) in [5.41, 5.74) is 3.07. The molecule has 1 rings (SSSR count). The molecule has 0 aliphatic heterocycles. The Hall–Kier alpha value is -1.41. The van der Waals surface area contributed by atoms with Crippen LogP contribution in [0.4, 0.5) is 5.69 Å². The van der Waals surface area contributed by atoms with Gasteiger partial charge in [-0.1, -0.05) is 49.7 Å². The summed E-state index contributed by atoms with van der Waals surface area (Å²) >= 11 is 4.99. The van der Waals surface area contributed by atoms with Gasteiger partial charge in [0.25, 0.3) is 0 Å². The highest BCUT2D eigenvalue weighted by Crippen LogP contribution is 2.22. The molecule has 0 aromatic heterocycles. The SMILES string of the molecule is C=Cc1cccc(NC(C)=S)c1C=C. The summed E-state index contributed by atoms with van der Waals surface area (Å²) < 4.78 is 0. The van der Waals surface area contributed by atoms with E-state index in [9.17, 15) is 0 Å². The van der Waals surface area contributed by atoms with Gasteiger partial charge in [0.2, 0.25) is 0 Å². The first kappa shape index (κ1) is 10.7. The van der Waals surface area contributed by atoms with Crippen molar-refractivity contribution in [3.63, 3.8) is 0 Å². The number of anilines is 1. The van der Waals surface area contributed by atoms with Crippen molar-refractivity contribution in [1.29, 1.82) is 0 Å². The number of rotatable bonds is 3. The van der Waals surface area contributed by atoms with Gasteiger partial charge in [0.15, 0.2) is 0 Å². The molecular formula is C12H13NS. The Labute approximate surface area is 90.2 Å². The van der Waals surface area contributed by atoms with Gasteiger partial charge >= 0.3 is 0 Å². The van der Waals surface area contributed by atoms with Crippen molar-refractivity contribution >= 4 is 35.0 Å². The number of thiocarbonyl (C=S) groups is 1. The molecule has 0 saturated heterocycles. The van der Waals surface area contributed by atoms with E-state index in [0.29, 0.717) is 0 Å². The summed E-state index contributed by atoms with van der Waals surface area (Å²) in [5.74, 6) is 0. The van der Waals surface area contributed by atoms with Crippen molar-refractivity contribution < 1.29 is 0 Å². The molecule has 0 saturated carbocycles. The summed E-state index contributed by atoms with van der Waals surface area (Å²) in [6.07, 6.45) is 3.61. The Morgan fingerprint density at radius 3 is 2.57 bits per heavy atom. The van der Waals surface area contributed by atoms with Crippen molar-refractivity contribution in [3.05, 3.63) is 42.5 Å². The molecule has 0 radical (unpaired) electrons. The average Bonchev–Trinajstić information content (AvgIpc) is 2.16. The van der Waals surface area contributed by atoms with Gasteiger partial charge in [-0.3, -0.25) is 0 Å². The molecule has 0 bridgehead atoms. The highest BCUT2D eigenvalue weighted by atomic mass is 32.1. The molecule has 0 aliphatic carbocycles. The lowest BCUT2D eigenvalue weighted by molar-refractivity contribution is 1.57. The third kappa shape index (κ3) is 2.30. The molecule has 14 heavy (non-hydrogen) atoms. The van der Waals surface area contributed by atoms with E-state index < -0.39 is 0 Å². The summed E-state index contributed by atoms with van der Waals surface area (Å²) in [6.45, 7) is 9.38. The maximum absolute atomic E-state index is 4.99. The number of nitrogens with one attached hydrogen (secondary N) is 1. The van der Waals surface area contributed by atoms with Crippen LogP contribution in [0.15, 0.2) is 31.4 Å².